The molecule has 2 aromatic carbocycles. The Morgan fingerprint density at radius 3 is 2.74 bits per heavy atom. The summed E-state index contributed by atoms with van der Waals surface area (Å²) in [5.74, 6) is 6.56. The molecule has 0 bridgehead atoms. The minimum Gasteiger partial charge on any atom is -0.444 e. The number of nitrogens with zero attached hydrogens (tertiary/aromatic N) is 3. The molecule has 0 aliphatic carbocycles. The van der Waals surface area contributed by atoms with Gasteiger partial charge < -0.3 is 15.4 Å². The van der Waals surface area contributed by atoms with E-state index in [9.17, 15) is 9.59 Å². The van der Waals surface area contributed by atoms with E-state index in [1.807, 2.05) is 70.2 Å². The van der Waals surface area contributed by atoms with Gasteiger partial charge in [0, 0.05) is 48.8 Å². The van der Waals surface area contributed by atoms with Gasteiger partial charge >= 0.3 is 6.09 Å². The molecule has 7 nitrogen and oxygen atoms in total. The molecular formula is C31H36N4O3. The molecule has 2 amide bonds. The number of rotatable bonds is 4. The first kappa shape index (κ1) is 27.2. The number of pyridine rings is 1. The Kier molecular flexibility index (Phi) is 8.33. The molecule has 4 rings (SSSR count). The van der Waals surface area contributed by atoms with Crippen LogP contribution in [-0.2, 0) is 4.74 Å². The van der Waals surface area contributed by atoms with Crippen LogP contribution in [0.25, 0.3) is 10.8 Å². The molecule has 1 aliphatic rings. The van der Waals surface area contributed by atoms with Gasteiger partial charge in [0.15, 0.2) is 0 Å². The highest BCUT2D eigenvalue weighted by Gasteiger charge is 2.35. The number of benzene rings is 2. The number of aromatic nitrogens is 1. The predicted octanol–water partition coefficient (Wildman–Crippen LogP) is 5.29. The normalized spacial score (nSPS) is 15.5. The van der Waals surface area contributed by atoms with Crippen LogP contribution in [0.4, 0.5) is 10.6 Å². The minimum absolute atomic E-state index is 0.174. The van der Waals surface area contributed by atoms with Crippen molar-refractivity contribution in [2.45, 2.75) is 58.6 Å². The van der Waals surface area contributed by atoms with Crippen molar-refractivity contribution in [3.63, 3.8) is 0 Å². The zero-order valence-electron chi connectivity index (χ0n) is 22.7. The van der Waals surface area contributed by atoms with Crippen molar-refractivity contribution in [1.82, 2.24) is 9.88 Å². The summed E-state index contributed by atoms with van der Waals surface area (Å²) in [4.78, 5) is 35.4. The van der Waals surface area contributed by atoms with Crippen LogP contribution in [0.3, 0.4) is 0 Å². The number of amides is 2. The molecule has 0 spiro atoms. The third-order valence-corrected chi connectivity index (χ3v) is 6.45. The van der Waals surface area contributed by atoms with Crippen LogP contribution >= 0.6 is 0 Å². The lowest BCUT2D eigenvalue weighted by molar-refractivity contribution is 0.0196. The quantitative estimate of drug-likeness (QED) is 0.480. The second kappa shape index (κ2) is 11.7. The SMILES string of the molecule is Cc1cccc2ccnc(N(C(=O)c3cccc(C#CCCN)c3)[C@@H]3CCCN(C(=O)OC(C)(C)C)C3)c12. The van der Waals surface area contributed by atoms with Crippen LogP contribution in [0.15, 0.2) is 54.7 Å². The van der Waals surface area contributed by atoms with Gasteiger partial charge in [0.25, 0.3) is 5.91 Å². The summed E-state index contributed by atoms with van der Waals surface area (Å²) >= 11 is 0. The summed E-state index contributed by atoms with van der Waals surface area (Å²) in [6.45, 7) is 9.03. The number of hydrogen-bond donors (Lipinski definition) is 1. The highest BCUT2D eigenvalue weighted by atomic mass is 16.6. The smallest absolute Gasteiger partial charge is 0.410 e. The lowest BCUT2D eigenvalue weighted by Gasteiger charge is -2.39. The van der Waals surface area contributed by atoms with Crippen molar-refractivity contribution in [3.05, 3.63) is 71.4 Å². The van der Waals surface area contributed by atoms with E-state index in [0.717, 1.165) is 34.7 Å². The summed E-state index contributed by atoms with van der Waals surface area (Å²) in [5, 5.41) is 1.94. The highest BCUT2D eigenvalue weighted by Crippen LogP contribution is 2.32. The standard InChI is InChI=1S/C31H36N4O3/c1-22-10-7-13-24-16-18-33-28(27(22)24)35(26-15-9-19-34(21-26)30(37)38-31(2,3)4)29(36)25-14-8-12-23(20-25)11-5-6-17-32/h7-8,10,12-14,16,18,20,26H,6,9,15,17,19,21,32H2,1-4H3/t26-/m1/s1. The largest absolute Gasteiger partial charge is 0.444 e. The van der Waals surface area contributed by atoms with Crippen molar-refractivity contribution >= 4 is 28.6 Å². The summed E-state index contributed by atoms with van der Waals surface area (Å²) in [7, 11) is 0. The van der Waals surface area contributed by atoms with Crippen molar-refractivity contribution in [2.75, 3.05) is 24.5 Å². The topological polar surface area (TPSA) is 88.8 Å². The van der Waals surface area contributed by atoms with Gasteiger partial charge in [0.05, 0.1) is 6.04 Å². The van der Waals surface area contributed by atoms with E-state index in [2.05, 4.69) is 11.8 Å². The molecule has 0 unspecified atom stereocenters. The average molecular weight is 513 g/mol. The lowest BCUT2D eigenvalue weighted by atomic mass is 10.00. The first-order chi connectivity index (χ1) is 18.2. The number of ether oxygens (including phenoxy) is 1. The van der Waals surface area contributed by atoms with Gasteiger partial charge in [-0.2, -0.15) is 0 Å². The molecule has 1 aliphatic heterocycles. The Bertz CT molecular complexity index is 1380. The van der Waals surface area contributed by atoms with Gasteiger partial charge in [0.1, 0.15) is 11.4 Å². The van der Waals surface area contributed by atoms with E-state index in [4.69, 9.17) is 15.5 Å². The van der Waals surface area contributed by atoms with Crippen LogP contribution in [0.2, 0.25) is 0 Å². The van der Waals surface area contributed by atoms with Crippen molar-refractivity contribution < 1.29 is 14.3 Å². The number of aryl methyl sites for hydroxylation is 1. The summed E-state index contributed by atoms with van der Waals surface area (Å²) in [5.41, 5.74) is 7.28. The molecule has 1 saturated heterocycles. The van der Waals surface area contributed by atoms with Gasteiger partial charge in [-0.25, -0.2) is 9.78 Å². The monoisotopic (exact) mass is 512 g/mol. The maximum Gasteiger partial charge on any atom is 0.410 e. The Balaban J connectivity index is 1.77. The average Bonchev–Trinajstić information content (AvgIpc) is 2.88. The summed E-state index contributed by atoms with van der Waals surface area (Å²) in [6.07, 6.45) is 3.45. The predicted molar refractivity (Wildman–Crippen MR) is 151 cm³/mol. The molecule has 1 fully saturated rings. The zero-order chi connectivity index (χ0) is 27.3. The molecule has 0 radical (unpaired) electrons. The number of hydrogen-bond acceptors (Lipinski definition) is 5. The fraction of sp³-hybridized carbons (Fsp3) is 0.387. The van der Waals surface area contributed by atoms with Crippen LogP contribution in [-0.4, -0.2) is 53.2 Å². The number of likely N-dealkylation sites (tertiary alicyclic amines) is 1. The van der Waals surface area contributed by atoms with Gasteiger partial charge in [-0.3, -0.25) is 9.69 Å². The Morgan fingerprint density at radius 2 is 1.97 bits per heavy atom. The lowest BCUT2D eigenvalue weighted by Crippen LogP contribution is -2.53. The Labute approximate surface area is 225 Å². The van der Waals surface area contributed by atoms with Gasteiger partial charge in [0.2, 0.25) is 0 Å². The van der Waals surface area contributed by atoms with Crippen LogP contribution in [0.5, 0.6) is 0 Å². The molecular weight excluding hydrogens is 476 g/mol. The second-order valence-corrected chi connectivity index (χ2v) is 10.6. The highest BCUT2D eigenvalue weighted by molar-refractivity contribution is 6.11. The van der Waals surface area contributed by atoms with E-state index < -0.39 is 5.60 Å². The first-order valence-corrected chi connectivity index (χ1v) is 13.1. The molecule has 2 N–H and O–H groups in total. The van der Waals surface area contributed by atoms with Crippen molar-refractivity contribution in [1.29, 1.82) is 0 Å². The molecule has 2 heterocycles. The molecule has 1 atom stereocenters. The van der Waals surface area contributed by atoms with Crippen molar-refractivity contribution in [2.24, 2.45) is 5.73 Å². The number of piperidine rings is 1. The van der Waals surface area contributed by atoms with Gasteiger partial charge in [-0.1, -0.05) is 36.1 Å². The first-order valence-electron chi connectivity index (χ1n) is 13.1. The number of fused-ring (bicyclic) bond motifs is 1. The van der Waals surface area contributed by atoms with Crippen LogP contribution in [0, 0.1) is 18.8 Å². The van der Waals surface area contributed by atoms with E-state index in [1.165, 1.54) is 0 Å². The van der Waals surface area contributed by atoms with E-state index in [-0.39, 0.29) is 18.0 Å². The fourth-order valence-corrected chi connectivity index (χ4v) is 4.77. The number of nitrogens with two attached hydrogens (primary N) is 1. The summed E-state index contributed by atoms with van der Waals surface area (Å²) in [6, 6.07) is 15.1. The molecule has 7 heteroatoms. The second-order valence-electron chi connectivity index (χ2n) is 10.6. The third-order valence-electron chi connectivity index (χ3n) is 6.45. The Hall–Kier alpha value is -3.89. The molecule has 1 aromatic heterocycles. The summed E-state index contributed by atoms with van der Waals surface area (Å²) < 4.78 is 5.65. The van der Waals surface area contributed by atoms with E-state index >= 15 is 0 Å². The fourth-order valence-electron chi connectivity index (χ4n) is 4.77. The molecule has 198 valence electrons. The maximum atomic E-state index is 14.3. The van der Waals surface area contributed by atoms with Gasteiger partial charge in [-0.15, -0.1) is 0 Å². The van der Waals surface area contributed by atoms with Crippen molar-refractivity contribution in [3.8, 4) is 11.8 Å². The van der Waals surface area contributed by atoms with E-state index in [1.54, 1.807) is 22.1 Å². The van der Waals surface area contributed by atoms with Gasteiger partial charge in [-0.05, 0) is 75.8 Å². The minimum atomic E-state index is -0.598. The number of carbonyl (C=O) groups is 2. The Morgan fingerprint density at radius 1 is 1.18 bits per heavy atom. The molecule has 0 saturated carbocycles. The van der Waals surface area contributed by atoms with Crippen LogP contribution in [0.1, 0.15) is 61.5 Å². The molecule has 38 heavy (non-hydrogen) atoms. The van der Waals surface area contributed by atoms with Crippen LogP contribution < -0.4 is 10.6 Å². The zero-order valence-corrected chi connectivity index (χ0v) is 22.7. The molecule has 3 aromatic rings. The third kappa shape index (κ3) is 6.32. The number of anilines is 1. The number of carbonyl (C=O) groups excluding carboxylic acids is 2. The maximum absolute atomic E-state index is 14.3. The van der Waals surface area contributed by atoms with E-state index in [0.29, 0.717) is 37.4 Å².